The smallest absolute Gasteiger partial charge is 0.179 e. The summed E-state index contributed by atoms with van der Waals surface area (Å²) in [5.41, 5.74) is 5.94. The molecule has 5 nitrogen and oxygen atoms in total. The van der Waals surface area contributed by atoms with E-state index < -0.39 is 0 Å². The minimum atomic E-state index is 0.720. The summed E-state index contributed by atoms with van der Waals surface area (Å²) in [6.07, 6.45) is 0.929. The fourth-order valence-electron chi connectivity index (χ4n) is 2.05. The van der Waals surface area contributed by atoms with E-state index in [-0.39, 0.29) is 0 Å². The second-order valence-electron chi connectivity index (χ2n) is 4.56. The Bertz CT molecular complexity index is 519. The Labute approximate surface area is 123 Å². The van der Waals surface area contributed by atoms with Crippen molar-refractivity contribution in [1.29, 1.82) is 0 Å². The average molecular weight is 292 g/mol. The molecule has 20 heavy (non-hydrogen) atoms. The van der Waals surface area contributed by atoms with Gasteiger partial charge in [0, 0.05) is 30.4 Å². The second kappa shape index (κ2) is 7.42. The normalized spacial score (nSPS) is 10.9. The number of thiazole rings is 1. The van der Waals surface area contributed by atoms with E-state index in [0.29, 0.717) is 0 Å². The molecule has 0 radical (unpaired) electrons. The SMILES string of the molecule is COCCNCCc1c(C)nc(-c2cscn2)nc1C. The van der Waals surface area contributed by atoms with E-state index in [2.05, 4.69) is 20.3 Å². The van der Waals surface area contributed by atoms with Gasteiger partial charge in [-0.15, -0.1) is 11.3 Å². The topological polar surface area (TPSA) is 59.9 Å². The van der Waals surface area contributed by atoms with Crippen molar-refractivity contribution in [2.75, 3.05) is 26.8 Å². The lowest BCUT2D eigenvalue weighted by molar-refractivity contribution is 0.199. The van der Waals surface area contributed by atoms with Gasteiger partial charge in [0.2, 0.25) is 0 Å². The van der Waals surface area contributed by atoms with Gasteiger partial charge in [0.1, 0.15) is 5.69 Å². The van der Waals surface area contributed by atoms with Crippen molar-refractivity contribution in [1.82, 2.24) is 20.3 Å². The monoisotopic (exact) mass is 292 g/mol. The van der Waals surface area contributed by atoms with Gasteiger partial charge < -0.3 is 10.1 Å². The minimum Gasteiger partial charge on any atom is -0.383 e. The Kier molecular flexibility index (Phi) is 5.58. The number of ether oxygens (including phenoxy) is 1. The Balaban J connectivity index is 2.03. The van der Waals surface area contributed by atoms with Crippen LogP contribution in [0.5, 0.6) is 0 Å². The van der Waals surface area contributed by atoms with E-state index in [1.54, 1.807) is 24.0 Å². The third-order valence-corrected chi connectivity index (χ3v) is 3.70. The number of nitrogens with one attached hydrogen (secondary N) is 1. The van der Waals surface area contributed by atoms with E-state index in [1.807, 2.05) is 19.2 Å². The fraction of sp³-hybridized carbons (Fsp3) is 0.500. The summed E-state index contributed by atoms with van der Waals surface area (Å²) in [4.78, 5) is 13.4. The van der Waals surface area contributed by atoms with Gasteiger partial charge in [-0.2, -0.15) is 0 Å². The Hall–Kier alpha value is -1.37. The molecule has 0 bridgehead atoms. The number of aryl methyl sites for hydroxylation is 2. The van der Waals surface area contributed by atoms with Gasteiger partial charge in [-0.1, -0.05) is 0 Å². The van der Waals surface area contributed by atoms with E-state index in [4.69, 9.17) is 4.74 Å². The number of rotatable bonds is 7. The van der Waals surface area contributed by atoms with E-state index in [9.17, 15) is 0 Å². The number of aromatic nitrogens is 3. The molecule has 0 aliphatic heterocycles. The number of nitrogens with zero attached hydrogens (tertiary/aromatic N) is 3. The van der Waals surface area contributed by atoms with Crippen LogP contribution < -0.4 is 5.32 Å². The molecule has 0 aliphatic rings. The lowest BCUT2D eigenvalue weighted by Gasteiger charge is -2.10. The molecule has 0 atom stereocenters. The van der Waals surface area contributed by atoms with Crippen LogP contribution >= 0.6 is 11.3 Å². The maximum atomic E-state index is 5.01. The first-order valence-corrected chi connectivity index (χ1v) is 7.59. The number of hydrogen-bond donors (Lipinski definition) is 1. The predicted octanol–water partition coefficient (Wildman–Crippen LogP) is 2.00. The molecular weight excluding hydrogens is 272 g/mol. The van der Waals surface area contributed by atoms with Gasteiger partial charge >= 0.3 is 0 Å². The van der Waals surface area contributed by atoms with Gasteiger partial charge in [-0.05, 0) is 32.4 Å². The third-order valence-electron chi connectivity index (χ3n) is 3.12. The maximum absolute atomic E-state index is 5.01. The fourth-order valence-corrected chi connectivity index (χ4v) is 2.58. The Morgan fingerprint density at radius 2 is 1.95 bits per heavy atom. The van der Waals surface area contributed by atoms with Crippen LogP contribution in [-0.4, -0.2) is 41.8 Å². The lowest BCUT2D eigenvalue weighted by Crippen LogP contribution is -2.22. The van der Waals surface area contributed by atoms with Crippen molar-refractivity contribution in [3.63, 3.8) is 0 Å². The van der Waals surface area contributed by atoms with Crippen LogP contribution in [0.25, 0.3) is 11.5 Å². The lowest BCUT2D eigenvalue weighted by atomic mass is 10.1. The van der Waals surface area contributed by atoms with Crippen LogP contribution in [0, 0.1) is 13.8 Å². The first-order valence-electron chi connectivity index (χ1n) is 6.64. The zero-order chi connectivity index (χ0) is 14.4. The van der Waals surface area contributed by atoms with Gasteiger partial charge in [-0.3, -0.25) is 0 Å². The summed E-state index contributed by atoms with van der Waals surface area (Å²) in [7, 11) is 1.71. The van der Waals surface area contributed by atoms with Crippen molar-refractivity contribution in [2.24, 2.45) is 0 Å². The van der Waals surface area contributed by atoms with Crippen LogP contribution in [0.15, 0.2) is 10.9 Å². The van der Waals surface area contributed by atoms with E-state index in [0.717, 1.165) is 49.0 Å². The van der Waals surface area contributed by atoms with Crippen molar-refractivity contribution in [2.45, 2.75) is 20.3 Å². The summed E-state index contributed by atoms with van der Waals surface area (Å²) in [5.74, 6) is 0.720. The van der Waals surface area contributed by atoms with Gasteiger partial charge in [0.05, 0.1) is 12.1 Å². The highest BCUT2D eigenvalue weighted by Crippen LogP contribution is 2.18. The maximum Gasteiger partial charge on any atom is 0.179 e. The predicted molar refractivity (Wildman–Crippen MR) is 81.1 cm³/mol. The molecule has 0 amide bonds. The van der Waals surface area contributed by atoms with Gasteiger partial charge in [0.15, 0.2) is 5.82 Å². The first kappa shape index (κ1) is 15.0. The number of hydrogen-bond acceptors (Lipinski definition) is 6. The molecule has 0 unspecified atom stereocenters. The van der Waals surface area contributed by atoms with Crippen molar-refractivity contribution >= 4 is 11.3 Å². The Morgan fingerprint density at radius 3 is 2.55 bits per heavy atom. The quantitative estimate of drug-likeness (QED) is 0.791. The van der Waals surface area contributed by atoms with Gasteiger partial charge in [0.25, 0.3) is 0 Å². The van der Waals surface area contributed by atoms with Crippen molar-refractivity contribution in [3.05, 3.63) is 27.8 Å². The van der Waals surface area contributed by atoms with E-state index >= 15 is 0 Å². The second-order valence-corrected chi connectivity index (χ2v) is 5.28. The zero-order valence-corrected chi connectivity index (χ0v) is 13.0. The van der Waals surface area contributed by atoms with Crippen LogP contribution in [0.2, 0.25) is 0 Å². The van der Waals surface area contributed by atoms with Crippen LogP contribution in [0.1, 0.15) is 17.0 Å². The largest absolute Gasteiger partial charge is 0.383 e. The standard InChI is InChI=1S/C14H20N4OS/c1-10-12(4-5-15-6-7-19-3)11(2)18-14(17-10)13-8-20-9-16-13/h8-9,15H,4-7H2,1-3H3. The van der Waals surface area contributed by atoms with Gasteiger partial charge in [-0.25, -0.2) is 15.0 Å². The molecule has 0 spiro atoms. The first-order chi connectivity index (χ1) is 9.72. The van der Waals surface area contributed by atoms with Crippen molar-refractivity contribution in [3.8, 4) is 11.5 Å². The molecule has 2 aromatic heterocycles. The van der Waals surface area contributed by atoms with Crippen LogP contribution in [0.4, 0.5) is 0 Å². The highest BCUT2D eigenvalue weighted by atomic mass is 32.1. The molecule has 2 rings (SSSR count). The molecule has 0 fully saturated rings. The van der Waals surface area contributed by atoms with Crippen LogP contribution in [0.3, 0.4) is 0 Å². The molecule has 2 heterocycles. The molecular formula is C14H20N4OS. The summed E-state index contributed by atoms with van der Waals surface area (Å²) in [6, 6.07) is 0. The molecule has 0 saturated heterocycles. The molecule has 6 heteroatoms. The highest BCUT2D eigenvalue weighted by Gasteiger charge is 2.10. The summed E-state index contributed by atoms with van der Waals surface area (Å²) in [5, 5.41) is 5.31. The molecule has 1 N–H and O–H groups in total. The summed E-state index contributed by atoms with van der Waals surface area (Å²) >= 11 is 1.56. The molecule has 0 aliphatic carbocycles. The summed E-state index contributed by atoms with van der Waals surface area (Å²) in [6.45, 7) is 6.58. The highest BCUT2D eigenvalue weighted by molar-refractivity contribution is 7.07. The summed E-state index contributed by atoms with van der Waals surface area (Å²) < 4.78 is 5.01. The molecule has 108 valence electrons. The van der Waals surface area contributed by atoms with Crippen LogP contribution in [-0.2, 0) is 11.2 Å². The Morgan fingerprint density at radius 1 is 1.20 bits per heavy atom. The number of methoxy groups -OCH3 is 1. The third kappa shape index (κ3) is 3.82. The molecule has 0 saturated carbocycles. The van der Waals surface area contributed by atoms with Crippen molar-refractivity contribution < 1.29 is 4.74 Å². The molecule has 0 aromatic carbocycles. The zero-order valence-electron chi connectivity index (χ0n) is 12.1. The van der Waals surface area contributed by atoms with E-state index in [1.165, 1.54) is 5.56 Å². The average Bonchev–Trinajstić information content (AvgIpc) is 2.95. The molecule has 2 aromatic rings. The minimum absolute atomic E-state index is 0.720.